The van der Waals surface area contributed by atoms with E-state index >= 15 is 0 Å². The van der Waals surface area contributed by atoms with Crippen LogP contribution in [0.15, 0.2) is 12.3 Å². The Morgan fingerprint density at radius 1 is 1.61 bits per heavy atom. The van der Waals surface area contributed by atoms with Gasteiger partial charge in [-0.2, -0.15) is 0 Å². The molecule has 98 valence electrons. The summed E-state index contributed by atoms with van der Waals surface area (Å²) < 4.78 is 0. The number of hydrogen-bond acceptors (Lipinski definition) is 3. The number of pyridine rings is 1. The topological polar surface area (TPSA) is 45.2 Å². The Bertz CT molecular complexity index is 446. The summed E-state index contributed by atoms with van der Waals surface area (Å²) in [5, 5.41) is 3.57. The van der Waals surface area contributed by atoms with Gasteiger partial charge in [-0.05, 0) is 25.3 Å². The second-order valence-corrected chi connectivity index (χ2v) is 5.03. The number of aromatic nitrogens is 1. The molecule has 1 heterocycles. The zero-order valence-corrected chi connectivity index (χ0v) is 11.5. The Hall–Kier alpha value is -1.29. The lowest BCUT2D eigenvalue weighted by molar-refractivity contribution is 0.0785. The summed E-state index contributed by atoms with van der Waals surface area (Å²) in [5.41, 5.74) is 0.527. The monoisotopic (exact) mass is 267 g/mol. The molecule has 0 spiro atoms. The maximum atomic E-state index is 12.3. The molecular formula is C13H18ClN3O. The van der Waals surface area contributed by atoms with Crippen LogP contribution in [-0.2, 0) is 0 Å². The summed E-state index contributed by atoms with van der Waals surface area (Å²) in [5.74, 6) is 0.679. The molecule has 1 aromatic heterocycles. The SMILES string of the molecule is CCCNc1cc(C(=O)N(C)C2CC2)c(Cl)cn1. The number of rotatable bonds is 5. The van der Waals surface area contributed by atoms with E-state index in [1.54, 1.807) is 11.0 Å². The molecule has 5 heteroatoms. The maximum absolute atomic E-state index is 12.3. The van der Waals surface area contributed by atoms with Gasteiger partial charge in [0.15, 0.2) is 0 Å². The third-order valence-electron chi connectivity index (χ3n) is 3.06. The van der Waals surface area contributed by atoms with Crippen molar-refractivity contribution in [2.45, 2.75) is 32.2 Å². The molecule has 0 saturated heterocycles. The first-order chi connectivity index (χ1) is 8.63. The van der Waals surface area contributed by atoms with E-state index in [-0.39, 0.29) is 5.91 Å². The van der Waals surface area contributed by atoms with Crippen molar-refractivity contribution >= 4 is 23.3 Å². The van der Waals surface area contributed by atoms with Crippen LogP contribution in [0.3, 0.4) is 0 Å². The van der Waals surface area contributed by atoms with Crippen LogP contribution in [0.4, 0.5) is 5.82 Å². The van der Waals surface area contributed by atoms with Crippen molar-refractivity contribution in [1.82, 2.24) is 9.88 Å². The Labute approximate surface area is 112 Å². The highest BCUT2D eigenvalue weighted by molar-refractivity contribution is 6.33. The number of carbonyl (C=O) groups excluding carboxylic acids is 1. The summed E-state index contributed by atoms with van der Waals surface area (Å²) in [4.78, 5) is 18.2. The predicted octanol–water partition coefficient (Wildman–Crippen LogP) is 2.79. The molecule has 2 rings (SSSR count). The lowest BCUT2D eigenvalue weighted by Gasteiger charge is -2.17. The van der Waals surface area contributed by atoms with Gasteiger partial charge in [0.05, 0.1) is 10.6 Å². The van der Waals surface area contributed by atoms with E-state index in [0.29, 0.717) is 22.4 Å². The van der Waals surface area contributed by atoms with Crippen molar-refractivity contribution in [3.8, 4) is 0 Å². The molecule has 1 fully saturated rings. The fourth-order valence-corrected chi connectivity index (χ4v) is 1.95. The molecular weight excluding hydrogens is 250 g/mol. The molecule has 1 amide bonds. The van der Waals surface area contributed by atoms with E-state index < -0.39 is 0 Å². The second kappa shape index (κ2) is 5.57. The minimum atomic E-state index is -0.0237. The van der Waals surface area contributed by atoms with Crippen molar-refractivity contribution in [3.63, 3.8) is 0 Å². The molecule has 4 nitrogen and oxygen atoms in total. The van der Waals surface area contributed by atoms with Gasteiger partial charge in [0.25, 0.3) is 5.91 Å². The number of carbonyl (C=O) groups is 1. The van der Waals surface area contributed by atoms with Crippen molar-refractivity contribution in [2.75, 3.05) is 18.9 Å². The second-order valence-electron chi connectivity index (χ2n) is 4.62. The standard InChI is InChI=1S/C13H18ClN3O/c1-3-6-15-12-7-10(11(14)8-16-12)13(18)17(2)9-4-5-9/h7-9H,3-6H2,1-2H3,(H,15,16). The summed E-state index contributed by atoms with van der Waals surface area (Å²) >= 11 is 6.06. The normalized spacial score (nSPS) is 14.4. The minimum Gasteiger partial charge on any atom is -0.370 e. The van der Waals surface area contributed by atoms with Crippen LogP contribution in [0.25, 0.3) is 0 Å². The predicted molar refractivity (Wildman–Crippen MR) is 73.1 cm³/mol. The van der Waals surface area contributed by atoms with E-state index in [0.717, 1.165) is 25.8 Å². The van der Waals surface area contributed by atoms with Crippen molar-refractivity contribution in [3.05, 3.63) is 22.8 Å². The van der Waals surface area contributed by atoms with Gasteiger partial charge in [-0.15, -0.1) is 0 Å². The van der Waals surface area contributed by atoms with Gasteiger partial charge in [-0.25, -0.2) is 4.98 Å². The van der Waals surface area contributed by atoms with Gasteiger partial charge in [-0.3, -0.25) is 4.79 Å². The third-order valence-corrected chi connectivity index (χ3v) is 3.36. The van der Waals surface area contributed by atoms with Gasteiger partial charge in [-0.1, -0.05) is 18.5 Å². The van der Waals surface area contributed by atoms with E-state index in [2.05, 4.69) is 17.2 Å². The van der Waals surface area contributed by atoms with Crippen LogP contribution in [0.2, 0.25) is 5.02 Å². The molecule has 0 atom stereocenters. The Balaban J connectivity index is 2.16. The molecule has 18 heavy (non-hydrogen) atoms. The molecule has 0 bridgehead atoms. The maximum Gasteiger partial charge on any atom is 0.255 e. The molecule has 0 aromatic carbocycles. The third kappa shape index (κ3) is 2.93. The fourth-order valence-electron chi connectivity index (χ4n) is 1.77. The van der Waals surface area contributed by atoms with E-state index in [1.165, 1.54) is 6.20 Å². The van der Waals surface area contributed by atoms with Crippen molar-refractivity contribution < 1.29 is 4.79 Å². The number of halogens is 1. The number of nitrogens with one attached hydrogen (secondary N) is 1. The Morgan fingerprint density at radius 2 is 2.33 bits per heavy atom. The van der Waals surface area contributed by atoms with Crippen molar-refractivity contribution in [1.29, 1.82) is 0 Å². The van der Waals surface area contributed by atoms with Crippen LogP contribution < -0.4 is 5.32 Å². The number of hydrogen-bond donors (Lipinski definition) is 1. The number of nitrogens with zero attached hydrogens (tertiary/aromatic N) is 2. The van der Waals surface area contributed by atoms with Gasteiger partial charge in [0.2, 0.25) is 0 Å². The summed E-state index contributed by atoms with van der Waals surface area (Å²) in [6.07, 6.45) is 4.72. The Morgan fingerprint density at radius 3 is 2.94 bits per heavy atom. The molecule has 1 aliphatic rings. The largest absolute Gasteiger partial charge is 0.370 e. The number of anilines is 1. The van der Waals surface area contributed by atoms with Crippen LogP contribution in [-0.4, -0.2) is 35.4 Å². The van der Waals surface area contributed by atoms with Crippen LogP contribution in [0, 0.1) is 0 Å². The highest BCUT2D eigenvalue weighted by atomic mass is 35.5. The summed E-state index contributed by atoms with van der Waals surface area (Å²) in [7, 11) is 1.83. The minimum absolute atomic E-state index is 0.0237. The van der Waals surface area contributed by atoms with Gasteiger partial charge < -0.3 is 10.2 Å². The summed E-state index contributed by atoms with van der Waals surface area (Å²) in [6.45, 7) is 2.91. The lowest BCUT2D eigenvalue weighted by Crippen LogP contribution is -2.29. The average molecular weight is 268 g/mol. The Kier molecular flexibility index (Phi) is 4.07. The van der Waals surface area contributed by atoms with Crippen molar-refractivity contribution in [2.24, 2.45) is 0 Å². The van der Waals surface area contributed by atoms with Crippen LogP contribution >= 0.6 is 11.6 Å². The summed E-state index contributed by atoms with van der Waals surface area (Å²) in [6, 6.07) is 2.12. The molecule has 1 N–H and O–H groups in total. The first-order valence-electron chi connectivity index (χ1n) is 6.30. The molecule has 0 radical (unpaired) electrons. The van der Waals surface area contributed by atoms with Crippen LogP contribution in [0.1, 0.15) is 36.5 Å². The van der Waals surface area contributed by atoms with E-state index in [4.69, 9.17) is 11.6 Å². The molecule has 1 aliphatic carbocycles. The number of amides is 1. The highest BCUT2D eigenvalue weighted by Gasteiger charge is 2.31. The smallest absolute Gasteiger partial charge is 0.255 e. The van der Waals surface area contributed by atoms with Gasteiger partial charge >= 0.3 is 0 Å². The fraction of sp³-hybridized carbons (Fsp3) is 0.538. The van der Waals surface area contributed by atoms with E-state index in [9.17, 15) is 4.79 Å². The zero-order valence-electron chi connectivity index (χ0n) is 10.7. The van der Waals surface area contributed by atoms with Gasteiger partial charge in [0, 0.05) is 25.8 Å². The van der Waals surface area contributed by atoms with E-state index in [1.807, 2.05) is 7.05 Å². The molecule has 1 aromatic rings. The van der Waals surface area contributed by atoms with Crippen LogP contribution in [0.5, 0.6) is 0 Å². The molecule has 1 saturated carbocycles. The zero-order chi connectivity index (χ0) is 13.1. The first-order valence-corrected chi connectivity index (χ1v) is 6.68. The van der Waals surface area contributed by atoms with Gasteiger partial charge in [0.1, 0.15) is 5.82 Å². The lowest BCUT2D eigenvalue weighted by atomic mass is 10.2. The quantitative estimate of drug-likeness (QED) is 0.892. The highest BCUT2D eigenvalue weighted by Crippen LogP contribution is 2.28. The first kappa shape index (κ1) is 13.1. The molecule has 0 aliphatic heterocycles. The molecule has 0 unspecified atom stereocenters. The average Bonchev–Trinajstić information content (AvgIpc) is 3.20.